The third-order valence-electron chi connectivity index (χ3n) is 3.95. The van der Waals surface area contributed by atoms with Gasteiger partial charge in [-0.25, -0.2) is 0 Å². The Labute approximate surface area is 166 Å². The molecule has 0 amide bonds. The highest BCUT2D eigenvalue weighted by Crippen LogP contribution is 2.22. The lowest BCUT2D eigenvalue weighted by Gasteiger charge is -2.19. The molecule has 0 aliphatic carbocycles. The van der Waals surface area contributed by atoms with Crippen molar-refractivity contribution in [3.05, 3.63) is 34.6 Å². The number of hydrogen-bond acceptors (Lipinski definition) is 7. The summed E-state index contributed by atoms with van der Waals surface area (Å²) in [6.07, 6.45) is 0.678. The second kappa shape index (κ2) is 8.32. The van der Waals surface area contributed by atoms with Gasteiger partial charge in [0.1, 0.15) is 5.60 Å². The van der Waals surface area contributed by atoms with Gasteiger partial charge in [0, 0.05) is 20.3 Å². The quantitative estimate of drug-likeness (QED) is 0.340. The molecular formula is C19H24N4O4S. The predicted octanol–water partition coefficient (Wildman–Crippen LogP) is 2.51. The van der Waals surface area contributed by atoms with Crippen molar-refractivity contribution in [2.75, 3.05) is 19.5 Å². The van der Waals surface area contributed by atoms with Crippen molar-refractivity contribution in [1.29, 1.82) is 0 Å². The fourth-order valence-corrected chi connectivity index (χ4v) is 3.60. The Balaban J connectivity index is 2.01. The first-order chi connectivity index (χ1) is 13.3. The summed E-state index contributed by atoms with van der Waals surface area (Å²) in [6, 6.07) is 7.32. The summed E-state index contributed by atoms with van der Waals surface area (Å²) in [5.74, 6) is 0.230. The number of aryl methyl sites for hydroxylation is 1. The summed E-state index contributed by atoms with van der Waals surface area (Å²) < 4.78 is 13.9. The number of carbonyl (C=O) groups excluding carboxylic acids is 1. The molecule has 0 radical (unpaired) electrons. The molecule has 0 spiro atoms. The predicted molar refractivity (Wildman–Crippen MR) is 108 cm³/mol. The van der Waals surface area contributed by atoms with Gasteiger partial charge in [-0.1, -0.05) is 23.9 Å². The maximum Gasteiger partial charge on any atom is 0.316 e. The normalized spacial score (nSPS) is 12.0. The highest BCUT2D eigenvalue weighted by atomic mass is 32.2. The molecule has 1 aromatic carbocycles. The van der Waals surface area contributed by atoms with Crippen molar-refractivity contribution in [1.82, 2.24) is 19.2 Å². The third kappa shape index (κ3) is 4.36. The van der Waals surface area contributed by atoms with Crippen LogP contribution in [0, 0.1) is 0 Å². The number of fused-ring (bicyclic) bond motifs is 3. The molecule has 0 aliphatic heterocycles. The molecule has 8 nitrogen and oxygen atoms in total. The number of rotatable bonds is 7. The molecule has 3 rings (SSSR count). The molecule has 0 aliphatic rings. The molecule has 150 valence electrons. The van der Waals surface area contributed by atoms with Gasteiger partial charge < -0.3 is 9.47 Å². The molecule has 0 bridgehead atoms. The Kier molecular flexibility index (Phi) is 6.04. The Morgan fingerprint density at radius 3 is 2.68 bits per heavy atom. The van der Waals surface area contributed by atoms with E-state index in [9.17, 15) is 9.59 Å². The Morgan fingerprint density at radius 1 is 1.21 bits per heavy atom. The van der Waals surface area contributed by atoms with E-state index < -0.39 is 5.60 Å². The van der Waals surface area contributed by atoms with Crippen molar-refractivity contribution in [2.45, 2.75) is 44.5 Å². The molecule has 0 N–H and O–H groups in total. The summed E-state index contributed by atoms with van der Waals surface area (Å²) >= 11 is 1.24. The lowest BCUT2D eigenvalue weighted by molar-refractivity contribution is -0.151. The van der Waals surface area contributed by atoms with Crippen LogP contribution in [0.15, 0.2) is 34.2 Å². The van der Waals surface area contributed by atoms with Crippen molar-refractivity contribution in [3.8, 4) is 0 Å². The summed E-state index contributed by atoms with van der Waals surface area (Å²) in [5.41, 5.74) is 0.0523. The lowest BCUT2D eigenvalue weighted by Crippen LogP contribution is -2.25. The Morgan fingerprint density at radius 2 is 1.96 bits per heavy atom. The van der Waals surface area contributed by atoms with E-state index >= 15 is 0 Å². The molecule has 0 unspecified atom stereocenters. The van der Waals surface area contributed by atoms with E-state index in [1.807, 2.05) is 43.4 Å². The molecule has 9 heteroatoms. The van der Waals surface area contributed by atoms with Crippen molar-refractivity contribution < 1.29 is 14.3 Å². The molecule has 0 atom stereocenters. The first kappa shape index (κ1) is 20.3. The summed E-state index contributed by atoms with van der Waals surface area (Å²) in [6.45, 7) is 6.49. The van der Waals surface area contributed by atoms with E-state index in [0.717, 1.165) is 0 Å². The van der Waals surface area contributed by atoms with Crippen LogP contribution in [0.4, 0.5) is 0 Å². The minimum Gasteiger partial charge on any atom is -0.459 e. The number of para-hydroxylation sites is 1. The Bertz CT molecular complexity index is 1050. The van der Waals surface area contributed by atoms with Gasteiger partial charge in [-0.2, -0.15) is 0 Å². The Hall–Kier alpha value is -2.39. The van der Waals surface area contributed by atoms with Gasteiger partial charge in [-0.3, -0.25) is 18.6 Å². The molecular weight excluding hydrogens is 380 g/mol. The number of methoxy groups -OCH3 is 1. The van der Waals surface area contributed by atoms with Crippen LogP contribution in [0.3, 0.4) is 0 Å². The zero-order chi connectivity index (χ0) is 20.3. The van der Waals surface area contributed by atoms with Crippen LogP contribution in [0.5, 0.6) is 0 Å². The lowest BCUT2D eigenvalue weighted by atomic mass is 10.2. The van der Waals surface area contributed by atoms with E-state index in [1.165, 1.54) is 11.8 Å². The van der Waals surface area contributed by atoms with Gasteiger partial charge in [-0.05, 0) is 39.3 Å². The molecule has 0 saturated heterocycles. The number of benzene rings is 1. The number of hydrogen-bond donors (Lipinski definition) is 0. The van der Waals surface area contributed by atoms with Crippen LogP contribution < -0.4 is 5.56 Å². The second-order valence-corrected chi connectivity index (χ2v) is 8.26. The van der Waals surface area contributed by atoms with Gasteiger partial charge in [0.05, 0.1) is 16.7 Å². The number of esters is 1. The maximum absolute atomic E-state index is 12.9. The van der Waals surface area contributed by atoms with Gasteiger partial charge in [0.2, 0.25) is 5.78 Å². The summed E-state index contributed by atoms with van der Waals surface area (Å²) in [4.78, 5) is 25.0. The van der Waals surface area contributed by atoms with Crippen molar-refractivity contribution in [2.24, 2.45) is 0 Å². The van der Waals surface area contributed by atoms with Crippen molar-refractivity contribution in [3.63, 3.8) is 0 Å². The standard InChI is InChI=1S/C19H24N4O4S/c1-19(2,3)27-15(24)12-28-18-21-20-17-22(10-7-11-26-4)16(25)13-8-5-6-9-14(13)23(17)18/h5-6,8-9H,7,10-12H2,1-4H3. The average molecular weight is 404 g/mol. The molecule has 3 aromatic rings. The fraction of sp³-hybridized carbons (Fsp3) is 0.474. The summed E-state index contributed by atoms with van der Waals surface area (Å²) in [5, 5.41) is 9.56. The smallest absolute Gasteiger partial charge is 0.316 e. The molecule has 2 aromatic heterocycles. The minimum absolute atomic E-state index is 0.106. The zero-order valence-electron chi connectivity index (χ0n) is 16.5. The largest absolute Gasteiger partial charge is 0.459 e. The van der Waals surface area contributed by atoms with E-state index in [0.29, 0.717) is 41.4 Å². The second-order valence-electron chi connectivity index (χ2n) is 7.31. The fourth-order valence-electron chi connectivity index (χ4n) is 2.89. The summed E-state index contributed by atoms with van der Waals surface area (Å²) in [7, 11) is 1.63. The molecule has 28 heavy (non-hydrogen) atoms. The first-order valence-electron chi connectivity index (χ1n) is 9.02. The number of nitrogens with zero attached hydrogens (tertiary/aromatic N) is 4. The van der Waals surface area contributed by atoms with E-state index in [-0.39, 0.29) is 17.3 Å². The highest BCUT2D eigenvalue weighted by Gasteiger charge is 2.20. The maximum atomic E-state index is 12.9. The van der Waals surface area contributed by atoms with Gasteiger partial charge in [0.25, 0.3) is 5.56 Å². The van der Waals surface area contributed by atoms with Crippen LogP contribution in [-0.2, 0) is 20.8 Å². The minimum atomic E-state index is -0.543. The van der Waals surface area contributed by atoms with Crippen LogP contribution in [0.1, 0.15) is 27.2 Å². The van der Waals surface area contributed by atoms with Crippen LogP contribution in [-0.4, -0.2) is 50.2 Å². The number of ether oxygens (including phenoxy) is 2. The van der Waals surface area contributed by atoms with Crippen molar-refractivity contribution >= 4 is 34.4 Å². The SMILES string of the molecule is COCCCn1c(=O)c2ccccc2n2c(SCC(=O)OC(C)(C)C)nnc12. The first-order valence-corrected chi connectivity index (χ1v) is 10.0. The number of thioether (sulfide) groups is 1. The molecule has 0 saturated carbocycles. The molecule has 0 fully saturated rings. The van der Waals surface area contributed by atoms with Gasteiger partial charge in [0.15, 0.2) is 5.16 Å². The third-order valence-corrected chi connectivity index (χ3v) is 4.85. The van der Waals surface area contributed by atoms with E-state index in [1.54, 1.807) is 17.7 Å². The van der Waals surface area contributed by atoms with Gasteiger partial charge in [-0.15, -0.1) is 10.2 Å². The van der Waals surface area contributed by atoms with Crippen LogP contribution in [0.25, 0.3) is 16.7 Å². The van der Waals surface area contributed by atoms with Crippen LogP contribution >= 0.6 is 11.8 Å². The number of aromatic nitrogens is 4. The van der Waals surface area contributed by atoms with Crippen LogP contribution in [0.2, 0.25) is 0 Å². The average Bonchev–Trinajstić information content (AvgIpc) is 3.05. The van der Waals surface area contributed by atoms with E-state index in [2.05, 4.69) is 10.2 Å². The topological polar surface area (TPSA) is 87.7 Å². The highest BCUT2D eigenvalue weighted by molar-refractivity contribution is 7.99. The zero-order valence-corrected chi connectivity index (χ0v) is 17.3. The number of carbonyl (C=O) groups is 1. The van der Waals surface area contributed by atoms with Gasteiger partial charge >= 0.3 is 5.97 Å². The molecule has 2 heterocycles. The monoisotopic (exact) mass is 404 g/mol. The van der Waals surface area contributed by atoms with E-state index in [4.69, 9.17) is 9.47 Å².